The fourth-order valence-corrected chi connectivity index (χ4v) is 3.64. The maximum Gasteiger partial charge on any atom is 0.257 e. The van der Waals surface area contributed by atoms with Crippen molar-refractivity contribution >= 4 is 5.91 Å². The van der Waals surface area contributed by atoms with E-state index in [0.29, 0.717) is 24.5 Å². The first-order chi connectivity index (χ1) is 12.1. The molecule has 0 spiro atoms. The van der Waals surface area contributed by atoms with Gasteiger partial charge in [0.05, 0.1) is 11.3 Å². The van der Waals surface area contributed by atoms with Gasteiger partial charge in [0.25, 0.3) is 5.91 Å². The molecule has 2 aromatic heterocycles. The van der Waals surface area contributed by atoms with Gasteiger partial charge in [0, 0.05) is 30.6 Å². The number of aromatic amines is 1. The lowest BCUT2D eigenvalue weighted by Crippen LogP contribution is -2.29. The van der Waals surface area contributed by atoms with Crippen LogP contribution >= 0.6 is 0 Å². The van der Waals surface area contributed by atoms with Crippen molar-refractivity contribution < 1.29 is 9.32 Å². The Morgan fingerprint density at radius 1 is 1.20 bits per heavy atom. The molecule has 1 saturated heterocycles. The summed E-state index contributed by atoms with van der Waals surface area (Å²) in [6, 6.07) is 10.2. The Hall–Kier alpha value is -2.96. The van der Waals surface area contributed by atoms with Crippen molar-refractivity contribution in [2.24, 2.45) is 0 Å². The lowest BCUT2D eigenvalue weighted by molar-refractivity contribution is 0.0787. The van der Waals surface area contributed by atoms with Gasteiger partial charge in [0.1, 0.15) is 0 Å². The normalized spacial score (nSPS) is 20.2. The minimum Gasteiger partial charge on any atom is -0.343 e. The number of likely N-dealkylation sites (tertiary alicyclic amines) is 1. The molecule has 2 atom stereocenters. The molecule has 3 heterocycles. The van der Waals surface area contributed by atoms with Gasteiger partial charge in [0.15, 0.2) is 5.82 Å². The second-order valence-electron chi connectivity index (χ2n) is 6.43. The molecule has 0 radical (unpaired) electrons. The number of carbonyl (C=O) groups excluding carboxylic acids is 1. The summed E-state index contributed by atoms with van der Waals surface area (Å²) >= 11 is 0. The molecule has 4 rings (SSSR count). The highest BCUT2D eigenvalue weighted by Crippen LogP contribution is 2.39. The summed E-state index contributed by atoms with van der Waals surface area (Å²) in [7, 11) is 0. The smallest absolute Gasteiger partial charge is 0.257 e. The van der Waals surface area contributed by atoms with Crippen LogP contribution in [0.2, 0.25) is 0 Å². The first-order valence-corrected chi connectivity index (χ1v) is 8.27. The summed E-state index contributed by atoms with van der Waals surface area (Å²) < 4.78 is 4.94. The van der Waals surface area contributed by atoms with Crippen LogP contribution in [0.25, 0.3) is 0 Å². The molecule has 1 amide bonds. The minimum absolute atomic E-state index is 0.00400. The van der Waals surface area contributed by atoms with Crippen molar-refractivity contribution in [3.8, 4) is 0 Å². The van der Waals surface area contributed by atoms with E-state index >= 15 is 0 Å². The number of carbonyl (C=O) groups is 1. The van der Waals surface area contributed by atoms with Gasteiger partial charge in [-0.25, -0.2) is 0 Å². The Morgan fingerprint density at radius 3 is 2.60 bits per heavy atom. The van der Waals surface area contributed by atoms with Gasteiger partial charge in [-0.05, 0) is 19.4 Å². The molecule has 0 unspecified atom stereocenters. The van der Waals surface area contributed by atoms with E-state index in [9.17, 15) is 4.79 Å². The molecule has 7 nitrogen and oxygen atoms in total. The molecular weight excluding hydrogens is 318 g/mol. The van der Waals surface area contributed by atoms with E-state index < -0.39 is 0 Å². The Balaban J connectivity index is 1.67. The molecule has 1 aliphatic heterocycles. The van der Waals surface area contributed by atoms with Gasteiger partial charge in [-0.3, -0.25) is 9.89 Å². The van der Waals surface area contributed by atoms with E-state index in [1.807, 2.05) is 36.9 Å². The van der Waals surface area contributed by atoms with E-state index in [1.54, 1.807) is 0 Å². The molecule has 1 aliphatic rings. The number of rotatable bonds is 3. The zero-order chi connectivity index (χ0) is 17.4. The number of H-pyrrole nitrogens is 1. The average Bonchev–Trinajstić information content (AvgIpc) is 3.35. The second kappa shape index (κ2) is 6.16. The van der Waals surface area contributed by atoms with Gasteiger partial charge < -0.3 is 9.42 Å². The number of amides is 1. The van der Waals surface area contributed by atoms with Crippen LogP contribution in [0.3, 0.4) is 0 Å². The molecule has 1 aromatic carbocycles. The van der Waals surface area contributed by atoms with Gasteiger partial charge in [0.2, 0.25) is 6.39 Å². The third-order valence-corrected chi connectivity index (χ3v) is 4.89. The van der Waals surface area contributed by atoms with Crippen LogP contribution in [-0.2, 0) is 0 Å². The van der Waals surface area contributed by atoms with E-state index in [1.165, 1.54) is 12.0 Å². The molecule has 1 fully saturated rings. The highest BCUT2D eigenvalue weighted by atomic mass is 16.5. The van der Waals surface area contributed by atoms with E-state index in [4.69, 9.17) is 4.52 Å². The van der Waals surface area contributed by atoms with Crippen LogP contribution in [0.5, 0.6) is 0 Å². The van der Waals surface area contributed by atoms with Crippen LogP contribution in [0.15, 0.2) is 41.2 Å². The van der Waals surface area contributed by atoms with Crippen molar-refractivity contribution in [2.75, 3.05) is 13.1 Å². The van der Waals surface area contributed by atoms with Crippen LogP contribution in [0.1, 0.15) is 45.0 Å². The highest BCUT2D eigenvalue weighted by Gasteiger charge is 2.40. The Morgan fingerprint density at radius 2 is 1.96 bits per heavy atom. The lowest BCUT2D eigenvalue weighted by atomic mass is 9.88. The molecule has 128 valence electrons. The number of benzene rings is 1. The fourth-order valence-electron chi connectivity index (χ4n) is 3.64. The number of hydrogen-bond acceptors (Lipinski definition) is 5. The van der Waals surface area contributed by atoms with E-state index in [-0.39, 0.29) is 17.7 Å². The third kappa shape index (κ3) is 2.71. The molecule has 0 aliphatic carbocycles. The predicted molar refractivity (Wildman–Crippen MR) is 90.2 cm³/mol. The maximum atomic E-state index is 13.0. The quantitative estimate of drug-likeness (QED) is 0.793. The molecule has 7 heteroatoms. The van der Waals surface area contributed by atoms with E-state index in [2.05, 4.69) is 32.5 Å². The van der Waals surface area contributed by atoms with E-state index in [0.717, 1.165) is 11.4 Å². The van der Waals surface area contributed by atoms with Gasteiger partial charge in [-0.15, -0.1) is 0 Å². The monoisotopic (exact) mass is 337 g/mol. The summed E-state index contributed by atoms with van der Waals surface area (Å²) in [5.41, 5.74) is 3.34. The molecule has 0 saturated carbocycles. The fraction of sp³-hybridized carbons (Fsp3) is 0.333. The first kappa shape index (κ1) is 15.6. The minimum atomic E-state index is -0.00400. The largest absolute Gasteiger partial charge is 0.343 e. The Kier molecular flexibility index (Phi) is 3.83. The number of nitrogens with one attached hydrogen (secondary N) is 1. The summed E-state index contributed by atoms with van der Waals surface area (Å²) in [6.07, 6.45) is 1.34. The molecule has 3 aromatic rings. The molecule has 0 bridgehead atoms. The van der Waals surface area contributed by atoms with Gasteiger partial charge in [-0.1, -0.05) is 35.5 Å². The van der Waals surface area contributed by atoms with Gasteiger partial charge in [-0.2, -0.15) is 10.1 Å². The zero-order valence-electron chi connectivity index (χ0n) is 14.1. The summed E-state index contributed by atoms with van der Waals surface area (Å²) in [4.78, 5) is 19.1. The number of hydrogen-bond donors (Lipinski definition) is 1. The SMILES string of the molecule is Cc1n[nH]c(C)c1C(=O)N1C[C@@H](c2ccccc2)[C@H](c2ncon2)C1. The molecule has 25 heavy (non-hydrogen) atoms. The molecule has 1 N–H and O–H groups in total. The number of aryl methyl sites for hydroxylation is 2. The summed E-state index contributed by atoms with van der Waals surface area (Å²) in [5, 5.41) is 11.1. The number of nitrogens with zero attached hydrogens (tertiary/aromatic N) is 4. The lowest BCUT2D eigenvalue weighted by Gasteiger charge is -2.16. The van der Waals surface area contributed by atoms with Crippen molar-refractivity contribution in [1.82, 2.24) is 25.2 Å². The number of aromatic nitrogens is 4. The topological polar surface area (TPSA) is 87.9 Å². The highest BCUT2D eigenvalue weighted by molar-refractivity contribution is 5.96. The van der Waals surface area contributed by atoms with Crippen LogP contribution < -0.4 is 0 Å². The Labute approximate surface area is 145 Å². The van der Waals surface area contributed by atoms with Crippen LogP contribution in [0, 0.1) is 13.8 Å². The first-order valence-electron chi connectivity index (χ1n) is 8.27. The Bertz CT molecular complexity index is 853. The van der Waals surface area contributed by atoms with Crippen molar-refractivity contribution in [1.29, 1.82) is 0 Å². The van der Waals surface area contributed by atoms with Crippen molar-refractivity contribution in [3.63, 3.8) is 0 Å². The van der Waals surface area contributed by atoms with Crippen molar-refractivity contribution in [2.45, 2.75) is 25.7 Å². The van der Waals surface area contributed by atoms with Crippen LogP contribution in [0.4, 0.5) is 0 Å². The zero-order valence-corrected chi connectivity index (χ0v) is 14.1. The molecular formula is C18H19N5O2. The maximum absolute atomic E-state index is 13.0. The van der Waals surface area contributed by atoms with Crippen molar-refractivity contribution in [3.05, 3.63) is 65.1 Å². The standard InChI is InChI=1S/C18H19N5O2/c1-11-16(12(2)21-20-11)18(24)23-8-14(13-6-4-3-5-7-13)15(9-23)17-19-10-25-22-17/h3-7,10,14-15H,8-9H2,1-2H3,(H,20,21)/t14-,15+/m0/s1. The second-order valence-corrected chi connectivity index (χ2v) is 6.43. The predicted octanol–water partition coefficient (Wildman–Crippen LogP) is 2.43. The van der Waals surface area contributed by atoms with Crippen LogP contribution in [-0.4, -0.2) is 44.2 Å². The summed E-state index contributed by atoms with van der Waals surface area (Å²) in [5.74, 6) is 0.786. The summed E-state index contributed by atoms with van der Waals surface area (Å²) in [6.45, 7) is 4.89. The average molecular weight is 337 g/mol. The van der Waals surface area contributed by atoms with Gasteiger partial charge >= 0.3 is 0 Å². The third-order valence-electron chi connectivity index (χ3n) is 4.89.